The number of benzene rings is 2. The van der Waals surface area contributed by atoms with Crippen LogP contribution in [-0.4, -0.2) is 30.8 Å². The van der Waals surface area contributed by atoms with E-state index in [2.05, 4.69) is 6.58 Å². The Morgan fingerprint density at radius 3 is 2.54 bits per heavy atom. The van der Waals surface area contributed by atoms with Crippen LogP contribution in [0, 0.1) is 0 Å². The number of carboxylic acid groups (broad SMARTS) is 1. The van der Waals surface area contributed by atoms with Crippen LogP contribution in [0.3, 0.4) is 0 Å². The van der Waals surface area contributed by atoms with Crippen LogP contribution < -0.4 is 9.64 Å². The van der Waals surface area contributed by atoms with E-state index in [-0.39, 0.29) is 12.2 Å². The fourth-order valence-corrected chi connectivity index (χ4v) is 2.32. The molecule has 0 saturated heterocycles. The molecule has 0 heterocycles. The molecule has 0 aliphatic carbocycles. The number of aromatic carboxylic acids is 1. The van der Waals surface area contributed by atoms with Gasteiger partial charge in [-0.3, -0.25) is 4.90 Å². The van der Waals surface area contributed by atoms with Crippen molar-refractivity contribution in [3.8, 4) is 5.75 Å². The topological polar surface area (TPSA) is 76.1 Å². The lowest BCUT2D eigenvalue weighted by Gasteiger charge is -2.22. The molecule has 1 amide bonds. The molecule has 0 unspecified atom stereocenters. The predicted octanol–water partition coefficient (Wildman–Crippen LogP) is 4.11. The Morgan fingerprint density at radius 1 is 1.19 bits per heavy atom. The van der Waals surface area contributed by atoms with Crippen LogP contribution in [0.5, 0.6) is 5.75 Å². The number of hydrogen-bond donors (Lipinski definition) is 1. The predicted molar refractivity (Wildman–Crippen MR) is 98.7 cm³/mol. The number of nitrogens with zero attached hydrogens (tertiary/aromatic N) is 1. The molecular formula is C20H21NO5. The summed E-state index contributed by atoms with van der Waals surface area (Å²) in [6.07, 6.45) is 1.64. The lowest BCUT2D eigenvalue weighted by Crippen LogP contribution is -2.32. The second kappa shape index (κ2) is 9.27. The second-order valence-corrected chi connectivity index (χ2v) is 5.49. The molecule has 0 atom stereocenters. The quantitative estimate of drug-likeness (QED) is 0.721. The Bertz CT molecular complexity index is 773. The van der Waals surface area contributed by atoms with Crippen molar-refractivity contribution in [1.82, 2.24) is 0 Å². The average molecular weight is 355 g/mol. The molecule has 1 N–H and O–H groups in total. The molecule has 6 nitrogen and oxygen atoms in total. The third-order valence-corrected chi connectivity index (χ3v) is 3.67. The van der Waals surface area contributed by atoms with Gasteiger partial charge in [0.2, 0.25) is 0 Å². The summed E-state index contributed by atoms with van der Waals surface area (Å²) in [5, 5.41) is 9.27. The Hall–Kier alpha value is -3.28. The number of carbonyl (C=O) groups is 2. The smallest absolute Gasteiger partial charge is 0.414 e. The third kappa shape index (κ3) is 5.11. The van der Waals surface area contributed by atoms with Gasteiger partial charge in [-0.15, -0.1) is 6.58 Å². The number of methoxy groups -OCH3 is 1. The lowest BCUT2D eigenvalue weighted by atomic mass is 10.1. The summed E-state index contributed by atoms with van der Waals surface area (Å²) in [6, 6.07) is 13.7. The standard InChI is InChI=1S/C20H21NO5/c1-3-4-10-21(20(24)26-14-15-8-6-5-7-9-15)17-11-16(19(22)23)12-18(13-17)25-2/h3,5-9,11-13H,1,4,10,14H2,2H3,(H,22,23). The molecule has 0 fully saturated rings. The van der Waals surface area contributed by atoms with E-state index < -0.39 is 12.1 Å². The van der Waals surface area contributed by atoms with E-state index in [0.717, 1.165) is 5.56 Å². The number of anilines is 1. The Balaban J connectivity index is 2.25. The maximum Gasteiger partial charge on any atom is 0.414 e. The van der Waals surface area contributed by atoms with Gasteiger partial charge in [0.25, 0.3) is 0 Å². The van der Waals surface area contributed by atoms with Crippen LogP contribution in [-0.2, 0) is 11.3 Å². The van der Waals surface area contributed by atoms with Gasteiger partial charge in [0.1, 0.15) is 12.4 Å². The fourth-order valence-electron chi connectivity index (χ4n) is 2.32. The zero-order chi connectivity index (χ0) is 18.9. The largest absolute Gasteiger partial charge is 0.497 e. The summed E-state index contributed by atoms with van der Waals surface area (Å²) in [4.78, 5) is 25.3. The first kappa shape index (κ1) is 19.1. The number of hydrogen-bond acceptors (Lipinski definition) is 4. The molecule has 136 valence electrons. The number of amides is 1. The van der Waals surface area contributed by atoms with Gasteiger partial charge in [-0.1, -0.05) is 36.4 Å². The molecule has 0 aromatic heterocycles. The normalized spacial score (nSPS) is 10.0. The van der Waals surface area contributed by atoms with Gasteiger partial charge in [0.05, 0.1) is 18.4 Å². The van der Waals surface area contributed by atoms with E-state index in [1.54, 1.807) is 12.1 Å². The Kier molecular flexibility index (Phi) is 6.79. The van der Waals surface area contributed by atoms with Gasteiger partial charge in [-0.2, -0.15) is 0 Å². The van der Waals surface area contributed by atoms with Gasteiger partial charge in [0.15, 0.2) is 0 Å². The lowest BCUT2D eigenvalue weighted by molar-refractivity contribution is 0.0696. The van der Waals surface area contributed by atoms with E-state index in [1.165, 1.54) is 24.1 Å². The first-order valence-corrected chi connectivity index (χ1v) is 8.06. The number of carboxylic acids is 1. The number of ether oxygens (including phenoxy) is 2. The molecule has 0 saturated carbocycles. The monoisotopic (exact) mass is 355 g/mol. The Labute approximate surface area is 152 Å². The third-order valence-electron chi connectivity index (χ3n) is 3.67. The van der Waals surface area contributed by atoms with Crippen molar-refractivity contribution >= 4 is 17.7 Å². The van der Waals surface area contributed by atoms with Gasteiger partial charge < -0.3 is 14.6 Å². The van der Waals surface area contributed by atoms with Crippen LogP contribution >= 0.6 is 0 Å². The van der Waals surface area contributed by atoms with Crippen LogP contribution in [0.4, 0.5) is 10.5 Å². The zero-order valence-corrected chi connectivity index (χ0v) is 14.6. The van der Waals surface area contributed by atoms with E-state index in [9.17, 15) is 14.7 Å². The van der Waals surface area contributed by atoms with Crippen molar-refractivity contribution < 1.29 is 24.2 Å². The average Bonchev–Trinajstić information content (AvgIpc) is 2.67. The van der Waals surface area contributed by atoms with Crippen LogP contribution in [0.25, 0.3) is 0 Å². The molecule has 0 bridgehead atoms. The minimum atomic E-state index is -1.11. The fraction of sp³-hybridized carbons (Fsp3) is 0.200. The highest BCUT2D eigenvalue weighted by Crippen LogP contribution is 2.25. The molecular weight excluding hydrogens is 334 g/mol. The van der Waals surface area contributed by atoms with Crippen LogP contribution in [0.15, 0.2) is 61.2 Å². The van der Waals surface area contributed by atoms with Crippen molar-refractivity contribution in [2.24, 2.45) is 0 Å². The zero-order valence-electron chi connectivity index (χ0n) is 14.6. The number of carbonyl (C=O) groups excluding carboxylic acids is 1. The molecule has 0 aliphatic heterocycles. The SMILES string of the molecule is C=CCCN(C(=O)OCc1ccccc1)c1cc(OC)cc(C(=O)O)c1. The first-order valence-electron chi connectivity index (χ1n) is 8.06. The maximum absolute atomic E-state index is 12.6. The van der Waals surface area contributed by atoms with Gasteiger partial charge >= 0.3 is 12.1 Å². The van der Waals surface area contributed by atoms with Crippen molar-refractivity contribution in [3.63, 3.8) is 0 Å². The van der Waals surface area contributed by atoms with Gasteiger partial charge in [-0.25, -0.2) is 9.59 Å². The molecule has 6 heteroatoms. The van der Waals surface area contributed by atoms with Crippen LogP contribution in [0.1, 0.15) is 22.3 Å². The van der Waals surface area contributed by atoms with E-state index in [1.807, 2.05) is 30.3 Å². The molecule has 2 aromatic rings. The Morgan fingerprint density at radius 2 is 1.92 bits per heavy atom. The minimum Gasteiger partial charge on any atom is -0.497 e. The summed E-state index contributed by atoms with van der Waals surface area (Å²) >= 11 is 0. The van der Waals surface area contributed by atoms with Crippen molar-refractivity contribution in [2.75, 3.05) is 18.6 Å². The van der Waals surface area contributed by atoms with Crippen molar-refractivity contribution in [2.45, 2.75) is 13.0 Å². The van der Waals surface area contributed by atoms with E-state index in [0.29, 0.717) is 24.4 Å². The van der Waals surface area contributed by atoms with Crippen molar-refractivity contribution in [3.05, 3.63) is 72.3 Å². The maximum atomic E-state index is 12.6. The molecule has 0 aliphatic rings. The number of rotatable bonds is 8. The summed E-state index contributed by atoms with van der Waals surface area (Å²) in [5.41, 5.74) is 1.28. The molecule has 26 heavy (non-hydrogen) atoms. The van der Waals surface area contributed by atoms with E-state index in [4.69, 9.17) is 9.47 Å². The summed E-state index contributed by atoms with van der Waals surface area (Å²) in [6.45, 7) is 4.10. The van der Waals surface area contributed by atoms with Crippen LogP contribution in [0.2, 0.25) is 0 Å². The summed E-state index contributed by atoms with van der Waals surface area (Å²) in [7, 11) is 1.44. The van der Waals surface area contributed by atoms with E-state index >= 15 is 0 Å². The molecule has 0 spiro atoms. The molecule has 0 radical (unpaired) electrons. The second-order valence-electron chi connectivity index (χ2n) is 5.49. The minimum absolute atomic E-state index is 0.0267. The van der Waals surface area contributed by atoms with Gasteiger partial charge in [0, 0.05) is 12.6 Å². The summed E-state index contributed by atoms with van der Waals surface area (Å²) in [5.74, 6) is -0.758. The highest BCUT2D eigenvalue weighted by Gasteiger charge is 2.19. The molecule has 2 rings (SSSR count). The first-order chi connectivity index (χ1) is 12.5. The van der Waals surface area contributed by atoms with Gasteiger partial charge in [-0.05, 0) is 24.1 Å². The van der Waals surface area contributed by atoms with Crippen molar-refractivity contribution in [1.29, 1.82) is 0 Å². The summed E-state index contributed by atoms with van der Waals surface area (Å²) < 4.78 is 10.5. The highest BCUT2D eigenvalue weighted by atomic mass is 16.6. The molecule has 2 aromatic carbocycles. The highest BCUT2D eigenvalue weighted by molar-refractivity contribution is 5.93.